The molecule has 7 heteroatoms. The Kier molecular flexibility index (Phi) is 5.84. The van der Waals surface area contributed by atoms with Crippen molar-refractivity contribution in [3.8, 4) is 5.75 Å². The number of allylic oxidation sites excluding steroid dienone is 1. The zero-order valence-corrected chi connectivity index (χ0v) is 18.0. The van der Waals surface area contributed by atoms with Crippen molar-refractivity contribution in [2.75, 3.05) is 24.4 Å². The fraction of sp³-hybridized carbons (Fsp3) is 0.273. The number of fused-ring (bicyclic) bond motifs is 1. The molecule has 1 aliphatic rings. The van der Waals surface area contributed by atoms with Crippen LogP contribution in [0.5, 0.6) is 5.75 Å². The van der Waals surface area contributed by atoms with E-state index < -0.39 is 6.03 Å². The molecule has 1 heterocycles. The van der Waals surface area contributed by atoms with Crippen LogP contribution >= 0.6 is 11.6 Å². The van der Waals surface area contributed by atoms with Gasteiger partial charge in [0.15, 0.2) is 0 Å². The van der Waals surface area contributed by atoms with E-state index in [1.165, 1.54) is 11.8 Å². The van der Waals surface area contributed by atoms with Gasteiger partial charge in [0.05, 0.1) is 29.6 Å². The van der Waals surface area contributed by atoms with Crippen molar-refractivity contribution < 1.29 is 9.53 Å². The Morgan fingerprint density at radius 1 is 1.28 bits per heavy atom. The van der Waals surface area contributed by atoms with Gasteiger partial charge in [0.1, 0.15) is 5.75 Å². The van der Waals surface area contributed by atoms with Crippen LogP contribution in [0, 0.1) is 0 Å². The number of hydrogen-bond acceptors (Lipinski definition) is 4. The normalized spacial score (nSPS) is 15.0. The fourth-order valence-electron chi connectivity index (χ4n) is 3.35. The molecule has 0 saturated heterocycles. The second-order valence-corrected chi connectivity index (χ2v) is 7.86. The van der Waals surface area contributed by atoms with Crippen molar-refractivity contribution in [3.63, 3.8) is 0 Å². The van der Waals surface area contributed by atoms with Crippen LogP contribution in [0.4, 0.5) is 16.2 Å². The van der Waals surface area contributed by atoms with Gasteiger partial charge in [0, 0.05) is 23.9 Å². The summed E-state index contributed by atoms with van der Waals surface area (Å²) in [5.41, 5.74) is 6.98. The number of halogens is 1. The Labute approximate surface area is 176 Å². The summed E-state index contributed by atoms with van der Waals surface area (Å²) in [6, 6.07) is 10.6. The largest absolute Gasteiger partial charge is 0.495 e. The Morgan fingerprint density at radius 2 is 2.00 bits per heavy atom. The zero-order valence-electron chi connectivity index (χ0n) is 17.2. The van der Waals surface area contributed by atoms with E-state index in [4.69, 9.17) is 16.3 Å². The third-order valence-electron chi connectivity index (χ3n) is 5.06. The molecule has 0 aromatic heterocycles. The number of anilines is 2. The van der Waals surface area contributed by atoms with E-state index in [-0.39, 0.29) is 5.54 Å². The van der Waals surface area contributed by atoms with Gasteiger partial charge in [0.25, 0.3) is 0 Å². The Hall–Kier alpha value is -2.99. The highest BCUT2D eigenvalue weighted by atomic mass is 35.5. The maximum absolute atomic E-state index is 12.1. The Morgan fingerprint density at radius 3 is 2.72 bits per heavy atom. The molecule has 0 unspecified atom stereocenters. The van der Waals surface area contributed by atoms with E-state index in [0.717, 1.165) is 16.8 Å². The molecule has 3 rings (SSSR count). The predicted octanol–water partition coefficient (Wildman–Crippen LogP) is 5.14. The first kappa shape index (κ1) is 20.7. The quantitative estimate of drug-likeness (QED) is 0.540. The van der Waals surface area contributed by atoms with Gasteiger partial charge in [-0.05, 0) is 50.6 Å². The average molecular weight is 413 g/mol. The second kappa shape index (κ2) is 8.17. The van der Waals surface area contributed by atoms with Crippen LogP contribution in [-0.2, 0) is 0 Å². The van der Waals surface area contributed by atoms with Crippen molar-refractivity contribution >= 4 is 40.8 Å². The van der Waals surface area contributed by atoms with Crippen LogP contribution in [0.15, 0.2) is 47.6 Å². The standard InChI is InChI=1S/C22H25ClN4O2/c1-14-12-22(2,3)27(4)19-11-17(23)15(10-16(14)19)13-24-26-21(28)25-18-8-6-7-9-20(18)29-5/h6-13H,1-5H3,(H2,25,26,28)/b24-13+. The lowest BCUT2D eigenvalue weighted by Crippen LogP contribution is -2.42. The number of nitrogens with one attached hydrogen (secondary N) is 2. The molecule has 0 saturated carbocycles. The smallest absolute Gasteiger partial charge is 0.339 e. The zero-order chi connectivity index (χ0) is 21.2. The van der Waals surface area contributed by atoms with Crippen LogP contribution in [0.1, 0.15) is 31.9 Å². The topological polar surface area (TPSA) is 66.0 Å². The van der Waals surface area contributed by atoms with E-state index in [1.807, 2.05) is 24.3 Å². The summed E-state index contributed by atoms with van der Waals surface area (Å²) in [6.45, 7) is 6.40. The maximum Gasteiger partial charge on any atom is 0.339 e. The van der Waals surface area contributed by atoms with Crippen molar-refractivity contribution in [2.45, 2.75) is 26.3 Å². The summed E-state index contributed by atoms with van der Waals surface area (Å²) in [5, 5.41) is 7.29. The minimum atomic E-state index is -0.475. The molecule has 1 aliphatic heterocycles. The van der Waals surface area contributed by atoms with Gasteiger partial charge in [0.2, 0.25) is 0 Å². The maximum atomic E-state index is 12.1. The second-order valence-electron chi connectivity index (χ2n) is 7.46. The first-order valence-corrected chi connectivity index (χ1v) is 9.61. The molecule has 0 spiro atoms. The van der Waals surface area contributed by atoms with Crippen molar-refractivity contribution in [1.82, 2.24) is 5.43 Å². The number of carbonyl (C=O) groups excluding carboxylic acids is 1. The third-order valence-corrected chi connectivity index (χ3v) is 5.39. The summed E-state index contributed by atoms with van der Waals surface area (Å²) in [6.07, 6.45) is 3.76. The lowest BCUT2D eigenvalue weighted by atomic mass is 9.88. The van der Waals surface area contributed by atoms with Crippen LogP contribution in [0.3, 0.4) is 0 Å². The number of hydrazone groups is 1. The van der Waals surface area contributed by atoms with Crippen LogP contribution in [0.25, 0.3) is 5.57 Å². The average Bonchev–Trinajstić information content (AvgIpc) is 2.67. The highest BCUT2D eigenvalue weighted by Crippen LogP contribution is 2.40. The number of carbonyl (C=O) groups is 1. The number of nitrogens with zero attached hydrogens (tertiary/aromatic N) is 2. The number of ether oxygens (including phenoxy) is 1. The van der Waals surface area contributed by atoms with Crippen LogP contribution in [-0.4, -0.2) is 31.9 Å². The SMILES string of the molecule is COc1ccccc1NC(=O)N/N=C/c1cc2c(cc1Cl)N(C)C(C)(C)C=C2C. The van der Waals surface area contributed by atoms with E-state index in [0.29, 0.717) is 16.5 Å². The van der Waals surface area contributed by atoms with E-state index in [2.05, 4.69) is 54.6 Å². The van der Waals surface area contributed by atoms with Gasteiger partial charge in [-0.25, -0.2) is 10.2 Å². The molecule has 2 amide bonds. The minimum absolute atomic E-state index is 0.0891. The highest BCUT2D eigenvalue weighted by molar-refractivity contribution is 6.33. The molecule has 152 valence electrons. The minimum Gasteiger partial charge on any atom is -0.495 e. The van der Waals surface area contributed by atoms with E-state index in [1.54, 1.807) is 19.2 Å². The lowest BCUT2D eigenvalue weighted by molar-refractivity contribution is 0.252. The number of amides is 2. The summed E-state index contributed by atoms with van der Waals surface area (Å²) in [4.78, 5) is 14.3. The third kappa shape index (κ3) is 4.38. The summed E-state index contributed by atoms with van der Waals surface area (Å²) >= 11 is 6.47. The number of methoxy groups -OCH3 is 1. The van der Waals surface area contributed by atoms with Gasteiger partial charge in [-0.15, -0.1) is 0 Å². The fourth-order valence-corrected chi connectivity index (χ4v) is 3.55. The van der Waals surface area contributed by atoms with Gasteiger partial charge < -0.3 is 15.0 Å². The molecular formula is C22H25ClN4O2. The number of para-hydroxylation sites is 2. The van der Waals surface area contributed by atoms with Crippen molar-refractivity contribution in [1.29, 1.82) is 0 Å². The molecule has 6 nitrogen and oxygen atoms in total. The van der Waals surface area contributed by atoms with Crippen molar-refractivity contribution in [3.05, 3.63) is 58.6 Å². The molecule has 2 aromatic rings. The van der Waals surface area contributed by atoms with Gasteiger partial charge in [-0.3, -0.25) is 0 Å². The monoisotopic (exact) mass is 412 g/mol. The Bertz CT molecular complexity index is 998. The number of likely N-dealkylation sites (N-methyl/N-ethyl adjacent to an activating group) is 1. The van der Waals surface area contributed by atoms with E-state index in [9.17, 15) is 4.79 Å². The molecule has 0 fully saturated rings. The summed E-state index contributed by atoms with van der Waals surface area (Å²) in [7, 11) is 3.60. The number of benzene rings is 2. The summed E-state index contributed by atoms with van der Waals surface area (Å²) < 4.78 is 5.21. The molecular weight excluding hydrogens is 388 g/mol. The number of hydrogen-bond donors (Lipinski definition) is 2. The molecule has 0 atom stereocenters. The summed E-state index contributed by atoms with van der Waals surface area (Å²) in [5.74, 6) is 0.568. The van der Waals surface area contributed by atoms with Gasteiger partial charge in [-0.1, -0.05) is 29.8 Å². The van der Waals surface area contributed by atoms with Crippen molar-refractivity contribution in [2.24, 2.45) is 5.10 Å². The first-order valence-electron chi connectivity index (χ1n) is 9.23. The molecule has 29 heavy (non-hydrogen) atoms. The Balaban J connectivity index is 1.75. The van der Waals surface area contributed by atoms with Gasteiger partial charge >= 0.3 is 6.03 Å². The highest BCUT2D eigenvalue weighted by Gasteiger charge is 2.29. The first-order chi connectivity index (χ1) is 13.7. The molecule has 2 N–H and O–H groups in total. The molecule has 0 aliphatic carbocycles. The number of rotatable bonds is 4. The van der Waals surface area contributed by atoms with Crippen LogP contribution in [0.2, 0.25) is 5.02 Å². The van der Waals surface area contributed by atoms with E-state index >= 15 is 0 Å². The molecule has 0 bridgehead atoms. The molecule has 2 aromatic carbocycles. The van der Waals surface area contributed by atoms with Gasteiger partial charge in [-0.2, -0.15) is 5.10 Å². The van der Waals surface area contributed by atoms with Crippen LogP contribution < -0.4 is 20.4 Å². The lowest BCUT2D eigenvalue weighted by Gasteiger charge is -2.40. The molecule has 0 radical (unpaired) electrons. The number of urea groups is 1. The predicted molar refractivity (Wildman–Crippen MR) is 120 cm³/mol.